The van der Waals surface area contributed by atoms with Crippen LogP contribution >= 0.6 is 11.6 Å². The molecule has 2 aromatic carbocycles. The molecule has 1 N–H and O–H groups in total. The third-order valence-corrected chi connectivity index (χ3v) is 8.42. The lowest BCUT2D eigenvalue weighted by Crippen LogP contribution is -2.55. The summed E-state index contributed by atoms with van der Waals surface area (Å²) in [6, 6.07) is 7.37. The summed E-state index contributed by atoms with van der Waals surface area (Å²) in [5, 5.41) is 10.9. The van der Waals surface area contributed by atoms with E-state index in [-0.39, 0.29) is 23.5 Å². The highest BCUT2D eigenvalue weighted by molar-refractivity contribution is 7.92. The molecule has 8 heteroatoms. The van der Waals surface area contributed by atoms with E-state index >= 15 is 0 Å². The van der Waals surface area contributed by atoms with E-state index in [0.29, 0.717) is 17.9 Å². The number of aliphatic hydroxyl groups is 1. The fraction of sp³-hybridized carbons (Fsp3) is 0.368. The van der Waals surface area contributed by atoms with Gasteiger partial charge < -0.3 is 9.84 Å². The van der Waals surface area contributed by atoms with Crippen molar-refractivity contribution in [3.05, 3.63) is 58.6 Å². The van der Waals surface area contributed by atoms with Gasteiger partial charge in [-0.3, -0.25) is 0 Å². The van der Waals surface area contributed by atoms with E-state index < -0.39 is 44.0 Å². The average Bonchev–Trinajstić information content (AvgIpc) is 2.64. The van der Waals surface area contributed by atoms with Gasteiger partial charge >= 0.3 is 0 Å². The van der Waals surface area contributed by atoms with Crippen LogP contribution in [0.3, 0.4) is 0 Å². The van der Waals surface area contributed by atoms with Crippen molar-refractivity contribution in [2.24, 2.45) is 5.92 Å². The predicted octanol–water partition coefficient (Wildman–Crippen LogP) is 3.84. The number of fused-ring (bicyclic) bond motifs is 3. The van der Waals surface area contributed by atoms with Gasteiger partial charge in [0.1, 0.15) is 10.6 Å². The van der Waals surface area contributed by atoms with Gasteiger partial charge in [0, 0.05) is 10.9 Å². The second kappa shape index (κ2) is 6.43. The number of aliphatic hydroxyl groups excluding tert-OH is 1. The highest BCUT2D eigenvalue weighted by atomic mass is 35.5. The molecule has 1 saturated carbocycles. The lowest BCUT2D eigenvalue weighted by atomic mass is 9.71. The van der Waals surface area contributed by atoms with Crippen LogP contribution in [-0.4, -0.2) is 26.2 Å². The van der Waals surface area contributed by atoms with Crippen LogP contribution in [0.5, 0.6) is 5.75 Å². The molecule has 1 unspecified atom stereocenters. The number of ether oxygens (including phenoxy) is 1. The van der Waals surface area contributed by atoms with Crippen LogP contribution in [0.1, 0.15) is 24.8 Å². The summed E-state index contributed by atoms with van der Waals surface area (Å²) in [7, 11) is -4.19. The van der Waals surface area contributed by atoms with Crippen LogP contribution in [0.15, 0.2) is 41.3 Å². The number of benzene rings is 2. The van der Waals surface area contributed by atoms with Crippen molar-refractivity contribution in [3.8, 4) is 5.75 Å². The smallest absolute Gasteiger partial charge is 0.188 e. The van der Waals surface area contributed by atoms with Gasteiger partial charge in [-0.15, -0.1) is 0 Å². The lowest BCUT2D eigenvalue weighted by molar-refractivity contribution is 0.000155. The Kier molecular flexibility index (Phi) is 4.44. The van der Waals surface area contributed by atoms with Crippen LogP contribution < -0.4 is 4.74 Å². The molecule has 1 fully saturated rings. The van der Waals surface area contributed by atoms with Gasteiger partial charge in [-0.2, -0.15) is 0 Å². The molecule has 0 aromatic heterocycles. The summed E-state index contributed by atoms with van der Waals surface area (Å²) in [5.74, 6) is -2.98. The molecule has 4 rings (SSSR count). The van der Waals surface area contributed by atoms with Crippen LogP contribution in [0, 0.1) is 17.6 Å². The first-order valence-corrected chi connectivity index (χ1v) is 10.4. The van der Waals surface area contributed by atoms with Gasteiger partial charge in [-0.25, -0.2) is 17.2 Å². The Morgan fingerprint density at radius 1 is 1.11 bits per heavy atom. The highest BCUT2D eigenvalue weighted by Gasteiger charge is 2.60. The number of sulfone groups is 1. The van der Waals surface area contributed by atoms with E-state index in [1.165, 1.54) is 24.3 Å². The molecule has 3 atom stereocenters. The monoisotopic (exact) mass is 414 g/mol. The Balaban J connectivity index is 2.04. The van der Waals surface area contributed by atoms with Gasteiger partial charge in [0.2, 0.25) is 0 Å². The lowest BCUT2D eigenvalue weighted by Gasteiger charge is -2.49. The van der Waals surface area contributed by atoms with Crippen LogP contribution in [0.25, 0.3) is 0 Å². The summed E-state index contributed by atoms with van der Waals surface area (Å²) in [5.41, 5.74) is -0.326. The average molecular weight is 415 g/mol. The maximum absolute atomic E-state index is 14.9. The van der Waals surface area contributed by atoms with Gasteiger partial charge in [0.25, 0.3) is 0 Å². The first kappa shape index (κ1) is 18.7. The molecule has 0 spiro atoms. The van der Waals surface area contributed by atoms with Crippen molar-refractivity contribution in [2.45, 2.75) is 35.0 Å². The van der Waals surface area contributed by atoms with Gasteiger partial charge in [0.15, 0.2) is 21.4 Å². The van der Waals surface area contributed by atoms with Crippen molar-refractivity contribution >= 4 is 21.4 Å². The third kappa shape index (κ3) is 2.59. The van der Waals surface area contributed by atoms with Crippen molar-refractivity contribution in [1.29, 1.82) is 0 Å². The van der Waals surface area contributed by atoms with Crippen LogP contribution in [0.4, 0.5) is 8.78 Å². The molecule has 0 amide bonds. The molecule has 0 bridgehead atoms. The Bertz CT molecular complexity index is 994. The zero-order chi connectivity index (χ0) is 19.4. The second-order valence-corrected chi connectivity index (χ2v) is 9.60. The Hall–Kier alpha value is -1.70. The van der Waals surface area contributed by atoms with Gasteiger partial charge in [-0.05, 0) is 55.7 Å². The molecule has 2 aliphatic rings. The number of hydrogen-bond donors (Lipinski definition) is 1. The molecule has 1 heterocycles. The van der Waals surface area contributed by atoms with Crippen molar-refractivity contribution in [1.82, 2.24) is 0 Å². The van der Waals surface area contributed by atoms with E-state index in [9.17, 15) is 22.3 Å². The fourth-order valence-electron chi connectivity index (χ4n) is 4.36. The minimum Gasteiger partial charge on any atom is -0.490 e. The minimum absolute atomic E-state index is 0.0532. The number of hydrogen-bond acceptors (Lipinski definition) is 4. The second-order valence-electron chi connectivity index (χ2n) is 6.96. The maximum atomic E-state index is 14.9. The molecule has 0 radical (unpaired) electrons. The highest BCUT2D eigenvalue weighted by Crippen LogP contribution is 2.56. The summed E-state index contributed by atoms with van der Waals surface area (Å²) < 4.78 is 60.3. The van der Waals surface area contributed by atoms with Crippen molar-refractivity contribution in [2.75, 3.05) is 6.61 Å². The predicted molar refractivity (Wildman–Crippen MR) is 95.5 cm³/mol. The standard InChI is InChI=1S/C19H17ClF2O4S/c20-11-3-5-12(6-4-11)27(24,25)19-9-1-2-16(23)13(19)10-26-18-15(22)8-7-14(21)17(18)19/h3-8,13,16,23H,1-2,9-10H2/t13?,16-,19+/m1/s1. The quantitative estimate of drug-likeness (QED) is 0.811. The minimum atomic E-state index is -4.19. The van der Waals surface area contributed by atoms with Gasteiger partial charge in [-0.1, -0.05) is 11.6 Å². The van der Waals surface area contributed by atoms with E-state index in [2.05, 4.69) is 0 Å². The maximum Gasteiger partial charge on any atom is 0.188 e. The third-order valence-electron chi connectivity index (χ3n) is 5.60. The molecule has 27 heavy (non-hydrogen) atoms. The zero-order valence-electron chi connectivity index (χ0n) is 14.2. The van der Waals surface area contributed by atoms with Crippen LogP contribution in [0.2, 0.25) is 5.02 Å². The summed E-state index contributed by atoms with van der Waals surface area (Å²) in [6.07, 6.45) is -0.203. The largest absolute Gasteiger partial charge is 0.490 e. The van der Waals surface area contributed by atoms with Crippen molar-refractivity contribution < 1.29 is 27.0 Å². The van der Waals surface area contributed by atoms with Crippen LogP contribution in [-0.2, 0) is 14.6 Å². The number of halogens is 3. The molecule has 4 nitrogen and oxygen atoms in total. The van der Waals surface area contributed by atoms with E-state index in [1.807, 2.05) is 0 Å². The Morgan fingerprint density at radius 2 is 1.78 bits per heavy atom. The molecular weight excluding hydrogens is 398 g/mol. The number of rotatable bonds is 2. The summed E-state index contributed by atoms with van der Waals surface area (Å²) in [6.45, 7) is -0.207. The Morgan fingerprint density at radius 3 is 2.48 bits per heavy atom. The topological polar surface area (TPSA) is 63.6 Å². The SMILES string of the molecule is O=S(=O)(c1ccc(Cl)cc1)[C@@]12CCC[C@@H](O)C1COc1c(F)ccc(F)c12. The Labute approximate surface area is 160 Å². The molecule has 2 aromatic rings. The molecular formula is C19H17ClF2O4S. The normalized spacial score (nSPS) is 27.4. The van der Waals surface area contributed by atoms with E-state index in [4.69, 9.17) is 16.3 Å². The first-order chi connectivity index (χ1) is 12.8. The van der Waals surface area contributed by atoms with E-state index in [1.54, 1.807) is 0 Å². The van der Waals surface area contributed by atoms with E-state index in [0.717, 1.165) is 12.1 Å². The fourth-order valence-corrected chi connectivity index (χ4v) is 6.90. The molecule has 0 saturated heterocycles. The first-order valence-electron chi connectivity index (χ1n) is 8.58. The summed E-state index contributed by atoms with van der Waals surface area (Å²) >= 11 is 5.87. The summed E-state index contributed by atoms with van der Waals surface area (Å²) in [4.78, 5) is -0.0532. The molecule has 144 valence electrons. The van der Waals surface area contributed by atoms with Gasteiger partial charge in [0.05, 0.1) is 23.2 Å². The zero-order valence-corrected chi connectivity index (χ0v) is 15.7. The molecule has 1 aliphatic carbocycles. The van der Waals surface area contributed by atoms with Crippen molar-refractivity contribution in [3.63, 3.8) is 0 Å². The molecule has 1 aliphatic heterocycles.